The number of H-pyrrole nitrogens is 1. The molecule has 4 aromatic rings. The van der Waals surface area contributed by atoms with E-state index >= 15 is 0 Å². The van der Waals surface area contributed by atoms with Gasteiger partial charge in [-0.15, -0.1) is 0 Å². The molecule has 7 heteroatoms. The number of hydrogen-bond donors (Lipinski definition) is 4. The predicted molar refractivity (Wildman–Crippen MR) is 111 cm³/mol. The van der Waals surface area contributed by atoms with Crippen LogP contribution in [0.15, 0.2) is 66.9 Å². The summed E-state index contributed by atoms with van der Waals surface area (Å²) in [7, 11) is 5.86. The van der Waals surface area contributed by atoms with E-state index in [4.69, 9.17) is 7.85 Å². The van der Waals surface area contributed by atoms with Crippen LogP contribution in [0.25, 0.3) is 11.0 Å². The molecule has 1 amide bonds. The number of fused-ring (bicyclic) bond motifs is 1. The van der Waals surface area contributed by atoms with Crippen LogP contribution in [0.3, 0.4) is 0 Å². The second-order valence-corrected chi connectivity index (χ2v) is 6.40. The van der Waals surface area contributed by atoms with E-state index in [1.165, 1.54) is 0 Å². The lowest BCUT2D eigenvalue weighted by Crippen LogP contribution is -2.21. The summed E-state index contributed by atoms with van der Waals surface area (Å²) < 4.78 is 0. The van der Waals surface area contributed by atoms with Crippen molar-refractivity contribution < 1.29 is 9.90 Å². The number of rotatable bonds is 5. The van der Waals surface area contributed by atoms with Crippen molar-refractivity contribution in [1.82, 2.24) is 9.97 Å². The van der Waals surface area contributed by atoms with Crippen LogP contribution in [0.4, 0.5) is 11.4 Å². The molecule has 6 nitrogen and oxygen atoms in total. The highest BCUT2D eigenvalue weighted by molar-refractivity contribution is 6.37. The molecular formula is C21H17BN4O2. The first kappa shape index (κ1) is 17.7. The first-order valence-corrected chi connectivity index (χ1v) is 8.75. The van der Waals surface area contributed by atoms with Gasteiger partial charge in [-0.3, -0.25) is 4.79 Å². The Bertz CT molecular complexity index is 1140. The standard InChI is InChI=1S/C21H17BN4O2/c22-19-4-2-1-3-18(19)21(28)26-16-10-13-9-15(25-20(13)24-12-16)11-23-14-5-7-17(27)8-6-14/h1-10,12,23,27H,11H2,(H,24,25)(H,26,28). The Morgan fingerprint density at radius 2 is 1.86 bits per heavy atom. The van der Waals surface area contributed by atoms with Gasteiger partial charge < -0.3 is 20.7 Å². The molecule has 0 spiro atoms. The van der Waals surface area contributed by atoms with Crippen LogP contribution in [0.2, 0.25) is 0 Å². The molecule has 28 heavy (non-hydrogen) atoms. The second kappa shape index (κ2) is 7.48. The number of aromatic hydroxyl groups is 1. The van der Waals surface area contributed by atoms with Crippen molar-refractivity contribution in [2.45, 2.75) is 6.54 Å². The van der Waals surface area contributed by atoms with E-state index in [1.54, 1.807) is 54.7 Å². The van der Waals surface area contributed by atoms with Crippen LogP contribution < -0.4 is 16.1 Å². The number of pyridine rings is 1. The monoisotopic (exact) mass is 368 g/mol. The van der Waals surface area contributed by atoms with E-state index in [0.29, 0.717) is 23.3 Å². The summed E-state index contributed by atoms with van der Waals surface area (Å²) in [5, 5.41) is 16.3. The SMILES string of the molecule is [B]c1ccccc1C(=O)Nc1cnc2[nH]c(CNc3ccc(O)cc3)cc2c1. The number of hydrogen-bond acceptors (Lipinski definition) is 4. The van der Waals surface area contributed by atoms with Crippen LogP contribution >= 0.6 is 0 Å². The van der Waals surface area contributed by atoms with Gasteiger partial charge in [0.15, 0.2) is 0 Å². The van der Waals surface area contributed by atoms with Crippen LogP contribution in [-0.2, 0) is 6.54 Å². The number of benzene rings is 2. The van der Waals surface area contributed by atoms with Gasteiger partial charge in [0, 0.05) is 22.3 Å². The number of phenols is 1. The fourth-order valence-electron chi connectivity index (χ4n) is 2.91. The Kier molecular flexibility index (Phi) is 4.72. The van der Waals surface area contributed by atoms with Gasteiger partial charge in [-0.2, -0.15) is 0 Å². The third-order valence-corrected chi connectivity index (χ3v) is 4.34. The van der Waals surface area contributed by atoms with Gasteiger partial charge in [0.05, 0.1) is 18.4 Å². The molecule has 0 bridgehead atoms. The zero-order chi connectivity index (χ0) is 19.5. The van der Waals surface area contributed by atoms with Crippen molar-refractivity contribution in [3.63, 3.8) is 0 Å². The third kappa shape index (κ3) is 3.83. The Morgan fingerprint density at radius 1 is 1.07 bits per heavy atom. The smallest absolute Gasteiger partial charge is 0.255 e. The zero-order valence-corrected chi connectivity index (χ0v) is 14.9. The molecule has 0 unspecified atom stereocenters. The summed E-state index contributed by atoms with van der Waals surface area (Å²) in [4.78, 5) is 20.0. The van der Waals surface area contributed by atoms with Gasteiger partial charge in [-0.05, 0) is 36.4 Å². The molecule has 4 rings (SSSR count). The number of carbonyl (C=O) groups is 1. The van der Waals surface area contributed by atoms with Gasteiger partial charge in [0.1, 0.15) is 19.2 Å². The van der Waals surface area contributed by atoms with Crippen LogP contribution in [-0.4, -0.2) is 28.8 Å². The number of carbonyl (C=O) groups excluding carboxylic acids is 1. The van der Waals surface area contributed by atoms with Crippen LogP contribution in [0.5, 0.6) is 5.75 Å². The normalized spacial score (nSPS) is 10.7. The quantitative estimate of drug-likeness (QED) is 0.322. The topological polar surface area (TPSA) is 90.0 Å². The van der Waals surface area contributed by atoms with Crippen LogP contribution in [0.1, 0.15) is 16.1 Å². The second-order valence-electron chi connectivity index (χ2n) is 6.40. The van der Waals surface area contributed by atoms with E-state index in [-0.39, 0.29) is 11.7 Å². The molecule has 2 radical (unpaired) electrons. The lowest BCUT2D eigenvalue weighted by molar-refractivity contribution is 0.102. The number of amides is 1. The highest BCUT2D eigenvalue weighted by Crippen LogP contribution is 2.20. The minimum atomic E-state index is -0.274. The summed E-state index contributed by atoms with van der Waals surface area (Å²) in [5.41, 5.74) is 4.04. The maximum atomic E-state index is 12.4. The molecule has 0 aliphatic heterocycles. The minimum absolute atomic E-state index is 0.229. The highest BCUT2D eigenvalue weighted by atomic mass is 16.3. The molecule has 4 N–H and O–H groups in total. The number of aromatic nitrogens is 2. The molecule has 2 heterocycles. The van der Waals surface area contributed by atoms with E-state index in [2.05, 4.69) is 20.6 Å². The largest absolute Gasteiger partial charge is 0.508 e. The maximum absolute atomic E-state index is 12.4. The van der Waals surface area contributed by atoms with Crippen molar-refractivity contribution >= 4 is 41.6 Å². The lowest BCUT2D eigenvalue weighted by Gasteiger charge is -2.07. The summed E-state index contributed by atoms with van der Waals surface area (Å²) in [5.74, 6) is -0.0452. The molecule has 0 saturated heterocycles. The first-order chi connectivity index (χ1) is 13.6. The van der Waals surface area contributed by atoms with Gasteiger partial charge in [-0.1, -0.05) is 29.7 Å². The highest BCUT2D eigenvalue weighted by Gasteiger charge is 2.10. The maximum Gasteiger partial charge on any atom is 0.255 e. The molecule has 136 valence electrons. The fourth-order valence-corrected chi connectivity index (χ4v) is 2.91. The third-order valence-electron chi connectivity index (χ3n) is 4.34. The summed E-state index contributed by atoms with van der Waals surface area (Å²) in [6.45, 7) is 0.573. The van der Waals surface area contributed by atoms with E-state index in [9.17, 15) is 9.90 Å². The predicted octanol–water partition coefficient (Wildman–Crippen LogP) is 2.93. The molecule has 0 aliphatic rings. The van der Waals surface area contributed by atoms with E-state index in [0.717, 1.165) is 22.4 Å². The van der Waals surface area contributed by atoms with Crippen molar-refractivity contribution in [2.24, 2.45) is 0 Å². The Morgan fingerprint density at radius 3 is 2.64 bits per heavy atom. The van der Waals surface area contributed by atoms with Gasteiger partial charge in [-0.25, -0.2) is 4.98 Å². The van der Waals surface area contributed by atoms with Crippen molar-refractivity contribution in [3.8, 4) is 5.75 Å². The lowest BCUT2D eigenvalue weighted by atomic mass is 9.90. The number of nitrogens with one attached hydrogen (secondary N) is 3. The minimum Gasteiger partial charge on any atom is -0.508 e. The van der Waals surface area contributed by atoms with Gasteiger partial charge >= 0.3 is 0 Å². The fraction of sp³-hybridized carbons (Fsp3) is 0.0476. The van der Waals surface area contributed by atoms with Crippen molar-refractivity contribution in [2.75, 3.05) is 10.6 Å². The number of nitrogens with zero attached hydrogens (tertiary/aromatic N) is 1. The summed E-state index contributed by atoms with van der Waals surface area (Å²) in [6, 6.07) is 17.6. The first-order valence-electron chi connectivity index (χ1n) is 8.75. The molecule has 0 saturated carbocycles. The number of anilines is 2. The van der Waals surface area contributed by atoms with Crippen LogP contribution in [0, 0.1) is 0 Å². The number of aromatic amines is 1. The molecule has 2 aromatic carbocycles. The van der Waals surface area contributed by atoms with E-state index < -0.39 is 0 Å². The summed E-state index contributed by atoms with van der Waals surface area (Å²) in [6.07, 6.45) is 1.60. The Labute approximate surface area is 163 Å². The molecule has 0 aliphatic carbocycles. The average Bonchev–Trinajstić information content (AvgIpc) is 3.10. The Balaban J connectivity index is 1.47. The molecule has 0 fully saturated rings. The van der Waals surface area contributed by atoms with Crippen molar-refractivity contribution in [3.05, 3.63) is 78.1 Å². The molecule has 0 atom stereocenters. The van der Waals surface area contributed by atoms with E-state index in [1.807, 2.05) is 12.1 Å². The van der Waals surface area contributed by atoms with Gasteiger partial charge in [0.25, 0.3) is 5.91 Å². The average molecular weight is 368 g/mol. The van der Waals surface area contributed by atoms with Gasteiger partial charge in [0.2, 0.25) is 0 Å². The zero-order valence-electron chi connectivity index (χ0n) is 14.9. The molecular weight excluding hydrogens is 351 g/mol. The molecule has 2 aromatic heterocycles. The summed E-state index contributed by atoms with van der Waals surface area (Å²) >= 11 is 0. The van der Waals surface area contributed by atoms with Crippen molar-refractivity contribution in [1.29, 1.82) is 0 Å². The Hall–Kier alpha value is -3.74. The number of phenolic OH excluding ortho intramolecular Hbond substituents is 1.